The molecule has 0 spiro atoms. The zero-order chi connectivity index (χ0) is 9.84. The summed E-state index contributed by atoms with van der Waals surface area (Å²) < 4.78 is 0. The zero-order valence-corrected chi connectivity index (χ0v) is 9.02. The van der Waals surface area contributed by atoms with E-state index in [-0.39, 0.29) is 0 Å². The van der Waals surface area contributed by atoms with Gasteiger partial charge in [0, 0.05) is 12.6 Å². The molecule has 1 heteroatoms. The molecule has 0 aliphatic carbocycles. The van der Waals surface area contributed by atoms with Crippen molar-refractivity contribution >= 4 is 0 Å². The van der Waals surface area contributed by atoms with Gasteiger partial charge < -0.3 is 5.32 Å². The standard InChI is InChI=1S/C12H19N/c1-9(2)13-8-12-7-10(3)5-6-11(12)4/h5-7,9,13H,8H2,1-4H3. The molecule has 0 radical (unpaired) electrons. The Hall–Kier alpha value is -0.820. The molecular formula is C12H19N. The normalized spacial score (nSPS) is 10.8. The average molecular weight is 177 g/mol. The van der Waals surface area contributed by atoms with Crippen molar-refractivity contribution < 1.29 is 0 Å². The monoisotopic (exact) mass is 177 g/mol. The Kier molecular flexibility index (Phi) is 3.49. The molecule has 0 atom stereocenters. The van der Waals surface area contributed by atoms with Crippen molar-refractivity contribution in [1.82, 2.24) is 5.32 Å². The Morgan fingerprint density at radius 3 is 2.54 bits per heavy atom. The van der Waals surface area contributed by atoms with E-state index in [2.05, 4.69) is 51.2 Å². The summed E-state index contributed by atoms with van der Waals surface area (Å²) in [4.78, 5) is 0. The van der Waals surface area contributed by atoms with Crippen LogP contribution in [0, 0.1) is 13.8 Å². The molecule has 0 unspecified atom stereocenters. The maximum Gasteiger partial charge on any atom is 0.0210 e. The van der Waals surface area contributed by atoms with Gasteiger partial charge in [-0.1, -0.05) is 37.6 Å². The van der Waals surface area contributed by atoms with Crippen molar-refractivity contribution in [2.75, 3.05) is 0 Å². The summed E-state index contributed by atoms with van der Waals surface area (Å²) in [5.41, 5.74) is 4.12. The highest BCUT2D eigenvalue weighted by molar-refractivity contribution is 5.30. The lowest BCUT2D eigenvalue weighted by Crippen LogP contribution is -2.22. The first-order chi connectivity index (χ1) is 6.09. The predicted molar refractivity (Wildman–Crippen MR) is 57.9 cm³/mol. The Labute approximate surface area is 81.2 Å². The topological polar surface area (TPSA) is 12.0 Å². The van der Waals surface area contributed by atoms with Gasteiger partial charge in [-0.3, -0.25) is 0 Å². The van der Waals surface area contributed by atoms with E-state index in [1.54, 1.807) is 0 Å². The minimum atomic E-state index is 0.555. The van der Waals surface area contributed by atoms with E-state index in [9.17, 15) is 0 Å². The van der Waals surface area contributed by atoms with Crippen LogP contribution >= 0.6 is 0 Å². The van der Waals surface area contributed by atoms with Crippen LogP contribution in [0.1, 0.15) is 30.5 Å². The molecule has 0 amide bonds. The average Bonchev–Trinajstić information content (AvgIpc) is 2.06. The molecule has 0 saturated heterocycles. The van der Waals surface area contributed by atoms with E-state index >= 15 is 0 Å². The largest absolute Gasteiger partial charge is 0.310 e. The summed E-state index contributed by atoms with van der Waals surface area (Å²) in [6, 6.07) is 7.16. The molecule has 0 bridgehead atoms. The molecule has 0 saturated carbocycles. The maximum absolute atomic E-state index is 3.43. The molecule has 1 aromatic rings. The van der Waals surface area contributed by atoms with Crippen molar-refractivity contribution in [3.8, 4) is 0 Å². The van der Waals surface area contributed by atoms with Crippen LogP contribution in [0.25, 0.3) is 0 Å². The number of hydrogen-bond acceptors (Lipinski definition) is 1. The van der Waals surface area contributed by atoms with Crippen molar-refractivity contribution in [3.63, 3.8) is 0 Å². The summed E-state index contributed by atoms with van der Waals surface area (Å²) in [5.74, 6) is 0. The molecule has 72 valence electrons. The number of rotatable bonds is 3. The fourth-order valence-corrected chi connectivity index (χ4v) is 1.30. The molecule has 0 aliphatic heterocycles. The summed E-state index contributed by atoms with van der Waals surface area (Å²) in [5, 5.41) is 3.43. The van der Waals surface area contributed by atoms with E-state index in [1.165, 1.54) is 16.7 Å². The first kappa shape index (κ1) is 10.3. The van der Waals surface area contributed by atoms with Gasteiger partial charge in [-0.05, 0) is 25.0 Å². The second kappa shape index (κ2) is 4.43. The molecule has 0 aromatic heterocycles. The molecule has 1 nitrogen and oxygen atoms in total. The number of aryl methyl sites for hydroxylation is 2. The van der Waals surface area contributed by atoms with Gasteiger partial charge in [0.05, 0.1) is 0 Å². The van der Waals surface area contributed by atoms with Crippen LogP contribution in [-0.2, 0) is 6.54 Å². The van der Waals surface area contributed by atoms with Gasteiger partial charge in [0.2, 0.25) is 0 Å². The minimum absolute atomic E-state index is 0.555. The third kappa shape index (κ3) is 3.19. The molecule has 1 aromatic carbocycles. The number of hydrogen-bond donors (Lipinski definition) is 1. The van der Waals surface area contributed by atoms with Crippen molar-refractivity contribution in [2.45, 2.75) is 40.3 Å². The van der Waals surface area contributed by atoms with Crippen LogP contribution < -0.4 is 5.32 Å². The van der Waals surface area contributed by atoms with Gasteiger partial charge in [-0.2, -0.15) is 0 Å². The lowest BCUT2D eigenvalue weighted by molar-refractivity contribution is 0.587. The molecule has 0 fully saturated rings. The van der Waals surface area contributed by atoms with Crippen molar-refractivity contribution in [1.29, 1.82) is 0 Å². The Bertz CT molecular complexity index is 276. The molecule has 13 heavy (non-hydrogen) atoms. The van der Waals surface area contributed by atoms with Crippen LogP contribution in [0.3, 0.4) is 0 Å². The molecule has 0 heterocycles. The van der Waals surface area contributed by atoms with Crippen LogP contribution in [-0.4, -0.2) is 6.04 Å². The van der Waals surface area contributed by atoms with Crippen molar-refractivity contribution in [3.05, 3.63) is 34.9 Å². The number of nitrogens with one attached hydrogen (secondary N) is 1. The highest BCUT2D eigenvalue weighted by atomic mass is 14.9. The second-order valence-electron chi connectivity index (χ2n) is 3.97. The fraction of sp³-hybridized carbons (Fsp3) is 0.500. The summed E-state index contributed by atoms with van der Waals surface area (Å²) in [6.07, 6.45) is 0. The maximum atomic E-state index is 3.43. The second-order valence-corrected chi connectivity index (χ2v) is 3.97. The Morgan fingerprint density at radius 2 is 1.92 bits per heavy atom. The molecule has 1 rings (SSSR count). The van der Waals surface area contributed by atoms with E-state index in [1.807, 2.05) is 0 Å². The number of benzene rings is 1. The zero-order valence-electron chi connectivity index (χ0n) is 9.02. The first-order valence-corrected chi connectivity index (χ1v) is 4.89. The van der Waals surface area contributed by atoms with Gasteiger partial charge in [-0.15, -0.1) is 0 Å². The van der Waals surface area contributed by atoms with Gasteiger partial charge in [0.25, 0.3) is 0 Å². The van der Waals surface area contributed by atoms with E-state index in [0.717, 1.165) is 6.54 Å². The minimum Gasteiger partial charge on any atom is -0.310 e. The summed E-state index contributed by atoms with van der Waals surface area (Å²) in [7, 11) is 0. The Morgan fingerprint density at radius 1 is 1.23 bits per heavy atom. The molecule has 1 N–H and O–H groups in total. The van der Waals surface area contributed by atoms with Gasteiger partial charge >= 0.3 is 0 Å². The summed E-state index contributed by atoms with van der Waals surface area (Å²) in [6.45, 7) is 9.62. The Balaban J connectivity index is 2.70. The van der Waals surface area contributed by atoms with Gasteiger partial charge in [0.1, 0.15) is 0 Å². The van der Waals surface area contributed by atoms with Crippen LogP contribution in [0.4, 0.5) is 0 Å². The third-order valence-electron chi connectivity index (χ3n) is 2.21. The van der Waals surface area contributed by atoms with Crippen molar-refractivity contribution in [2.24, 2.45) is 0 Å². The van der Waals surface area contributed by atoms with Crippen LogP contribution in [0.15, 0.2) is 18.2 Å². The third-order valence-corrected chi connectivity index (χ3v) is 2.21. The van der Waals surface area contributed by atoms with Crippen LogP contribution in [0.5, 0.6) is 0 Å². The molecular weight excluding hydrogens is 158 g/mol. The fourth-order valence-electron chi connectivity index (χ4n) is 1.30. The first-order valence-electron chi connectivity index (χ1n) is 4.89. The molecule has 0 aliphatic rings. The van der Waals surface area contributed by atoms with Gasteiger partial charge in [-0.25, -0.2) is 0 Å². The van der Waals surface area contributed by atoms with E-state index in [4.69, 9.17) is 0 Å². The predicted octanol–water partition coefficient (Wildman–Crippen LogP) is 2.80. The van der Waals surface area contributed by atoms with E-state index in [0.29, 0.717) is 6.04 Å². The van der Waals surface area contributed by atoms with E-state index < -0.39 is 0 Å². The lowest BCUT2D eigenvalue weighted by Gasteiger charge is -2.10. The lowest BCUT2D eigenvalue weighted by atomic mass is 10.1. The highest BCUT2D eigenvalue weighted by Crippen LogP contribution is 2.10. The highest BCUT2D eigenvalue weighted by Gasteiger charge is 1.99. The van der Waals surface area contributed by atoms with Gasteiger partial charge in [0.15, 0.2) is 0 Å². The summed E-state index contributed by atoms with van der Waals surface area (Å²) >= 11 is 0. The van der Waals surface area contributed by atoms with Crippen LogP contribution in [0.2, 0.25) is 0 Å². The SMILES string of the molecule is Cc1ccc(C)c(CNC(C)C)c1. The smallest absolute Gasteiger partial charge is 0.0210 e. The quantitative estimate of drug-likeness (QED) is 0.748.